The van der Waals surface area contributed by atoms with Crippen molar-refractivity contribution in [3.8, 4) is 12.3 Å². The van der Waals surface area contributed by atoms with Crippen LogP contribution in [0.2, 0.25) is 0 Å². The van der Waals surface area contributed by atoms with Gasteiger partial charge in [-0.3, -0.25) is 9.88 Å². The van der Waals surface area contributed by atoms with E-state index in [-0.39, 0.29) is 24.4 Å². The van der Waals surface area contributed by atoms with Crippen LogP contribution < -0.4 is 5.32 Å². The quantitative estimate of drug-likeness (QED) is 0.802. The van der Waals surface area contributed by atoms with Crippen LogP contribution >= 0.6 is 0 Å². The van der Waals surface area contributed by atoms with Crippen LogP contribution in [0.15, 0.2) is 12.7 Å². The van der Waals surface area contributed by atoms with E-state index in [1.54, 1.807) is 25.3 Å². The molecule has 1 aliphatic rings. The number of rotatable bonds is 3. The molecule has 2 aromatic rings. The third-order valence-electron chi connectivity index (χ3n) is 3.86. The molecule has 0 saturated carbocycles. The maximum atomic E-state index is 12.0. The van der Waals surface area contributed by atoms with E-state index >= 15 is 0 Å². The minimum Gasteiger partial charge on any atom is -0.444 e. The van der Waals surface area contributed by atoms with Gasteiger partial charge >= 0.3 is 6.09 Å². The average Bonchev–Trinajstić information content (AvgIpc) is 3.16. The van der Waals surface area contributed by atoms with Crippen molar-refractivity contribution < 1.29 is 19.4 Å². The van der Waals surface area contributed by atoms with Gasteiger partial charge in [0.15, 0.2) is 23.2 Å². The zero-order valence-electron chi connectivity index (χ0n) is 14.8. The largest absolute Gasteiger partial charge is 0.444 e. The van der Waals surface area contributed by atoms with Gasteiger partial charge in [-0.2, -0.15) is 0 Å². The number of nitrogens with one attached hydrogen (secondary N) is 1. The minimum absolute atomic E-state index is 0.109. The number of terminal acetylenes is 1. The minimum atomic E-state index is -0.633. The average molecular weight is 359 g/mol. The summed E-state index contributed by atoms with van der Waals surface area (Å²) in [6.45, 7) is 5.20. The van der Waals surface area contributed by atoms with Crippen LogP contribution in [0.3, 0.4) is 0 Å². The van der Waals surface area contributed by atoms with Gasteiger partial charge in [0.05, 0.1) is 25.0 Å². The van der Waals surface area contributed by atoms with Crippen molar-refractivity contribution in [2.45, 2.75) is 45.1 Å². The predicted octanol–water partition coefficient (Wildman–Crippen LogP) is 1.70. The number of amides is 1. The number of aliphatic hydroxyl groups excluding tert-OH is 1. The zero-order valence-corrected chi connectivity index (χ0v) is 14.8. The number of hydrogen-bond donors (Lipinski definition) is 2. The highest BCUT2D eigenvalue weighted by atomic mass is 16.6. The Hall–Kier alpha value is -2.70. The van der Waals surface area contributed by atoms with Crippen LogP contribution in [0.1, 0.15) is 33.4 Å². The molecule has 0 radical (unpaired) electrons. The van der Waals surface area contributed by atoms with E-state index in [0.717, 1.165) is 0 Å². The first-order chi connectivity index (χ1) is 12.3. The molecule has 1 amide bonds. The molecule has 1 aliphatic heterocycles. The molecule has 2 aromatic heterocycles. The van der Waals surface area contributed by atoms with Crippen LogP contribution in [-0.4, -0.2) is 49.0 Å². The topological polar surface area (TPSA) is 111 Å². The molecule has 9 heteroatoms. The SMILES string of the molecule is C#CC1CC(CO)OC1n1cnc2c(NC(=O)OC(C)(C)C)ncnc21. The molecule has 3 rings (SSSR count). The first-order valence-corrected chi connectivity index (χ1v) is 8.22. The van der Waals surface area contributed by atoms with Crippen molar-refractivity contribution in [3.05, 3.63) is 12.7 Å². The highest BCUT2D eigenvalue weighted by molar-refractivity contribution is 5.93. The maximum absolute atomic E-state index is 12.0. The van der Waals surface area contributed by atoms with Crippen LogP contribution in [0, 0.1) is 18.3 Å². The summed E-state index contributed by atoms with van der Waals surface area (Å²) in [7, 11) is 0. The summed E-state index contributed by atoms with van der Waals surface area (Å²) in [4.78, 5) is 24.6. The fourth-order valence-electron chi connectivity index (χ4n) is 2.80. The van der Waals surface area contributed by atoms with Gasteiger partial charge in [0.2, 0.25) is 0 Å². The molecular formula is C17H21N5O4. The number of ether oxygens (including phenoxy) is 2. The number of carbonyl (C=O) groups excluding carboxylic acids is 1. The Bertz CT molecular complexity index is 851. The molecule has 0 aromatic carbocycles. The van der Waals surface area contributed by atoms with E-state index < -0.39 is 17.9 Å². The number of nitrogens with zero attached hydrogens (tertiary/aromatic N) is 4. The van der Waals surface area contributed by atoms with Crippen molar-refractivity contribution in [2.75, 3.05) is 11.9 Å². The molecule has 0 bridgehead atoms. The van der Waals surface area contributed by atoms with Gasteiger partial charge in [0.1, 0.15) is 11.9 Å². The van der Waals surface area contributed by atoms with Crippen LogP contribution in [-0.2, 0) is 9.47 Å². The number of anilines is 1. The Morgan fingerprint density at radius 1 is 1.50 bits per heavy atom. The Kier molecular flexibility index (Phi) is 4.80. The van der Waals surface area contributed by atoms with Crippen molar-refractivity contribution in [1.29, 1.82) is 0 Å². The number of hydrogen-bond acceptors (Lipinski definition) is 7. The first-order valence-electron chi connectivity index (χ1n) is 8.22. The van der Waals surface area contributed by atoms with E-state index in [9.17, 15) is 9.90 Å². The van der Waals surface area contributed by atoms with Gasteiger partial charge < -0.3 is 14.6 Å². The standard InChI is InChI=1S/C17H21N5O4/c1-5-10-6-11(7-23)25-15(10)22-9-20-12-13(18-8-19-14(12)22)21-16(24)26-17(2,3)4/h1,8-11,15,23H,6-7H2,2-4H3,(H,18,19,21,24). The highest BCUT2D eigenvalue weighted by Crippen LogP contribution is 2.35. The molecule has 1 fully saturated rings. The second-order valence-corrected chi connectivity index (χ2v) is 7.01. The van der Waals surface area contributed by atoms with E-state index in [1.165, 1.54) is 12.7 Å². The summed E-state index contributed by atoms with van der Waals surface area (Å²) in [6.07, 6.45) is 7.53. The lowest BCUT2D eigenvalue weighted by atomic mass is 10.0. The Balaban J connectivity index is 1.90. The van der Waals surface area contributed by atoms with Crippen LogP contribution in [0.4, 0.5) is 10.6 Å². The number of aromatic nitrogens is 4. The molecule has 138 valence electrons. The van der Waals surface area contributed by atoms with E-state index in [4.69, 9.17) is 15.9 Å². The first kappa shape index (κ1) is 18.1. The second kappa shape index (κ2) is 6.90. The lowest BCUT2D eigenvalue weighted by Gasteiger charge is -2.19. The number of carbonyl (C=O) groups is 1. The monoisotopic (exact) mass is 359 g/mol. The van der Waals surface area contributed by atoms with Crippen LogP contribution in [0.25, 0.3) is 11.2 Å². The fourth-order valence-corrected chi connectivity index (χ4v) is 2.80. The van der Waals surface area contributed by atoms with Gasteiger partial charge in [0.25, 0.3) is 0 Å². The summed E-state index contributed by atoms with van der Waals surface area (Å²) in [5.74, 6) is 2.70. The van der Waals surface area contributed by atoms with Gasteiger partial charge in [-0.05, 0) is 27.2 Å². The van der Waals surface area contributed by atoms with Crippen molar-refractivity contribution in [1.82, 2.24) is 19.5 Å². The fraction of sp³-hybridized carbons (Fsp3) is 0.529. The molecular weight excluding hydrogens is 338 g/mol. The van der Waals surface area contributed by atoms with E-state index in [2.05, 4.69) is 26.2 Å². The third-order valence-corrected chi connectivity index (χ3v) is 3.86. The molecule has 1 saturated heterocycles. The Morgan fingerprint density at radius 3 is 2.92 bits per heavy atom. The molecule has 3 atom stereocenters. The van der Waals surface area contributed by atoms with Gasteiger partial charge in [-0.25, -0.2) is 19.7 Å². The van der Waals surface area contributed by atoms with E-state index in [0.29, 0.717) is 17.6 Å². The predicted molar refractivity (Wildman–Crippen MR) is 93.1 cm³/mol. The number of fused-ring (bicyclic) bond motifs is 1. The van der Waals surface area contributed by atoms with E-state index in [1.807, 2.05) is 0 Å². The smallest absolute Gasteiger partial charge is 0.413 e. The normalized spacial score (nSPS) is 23.0. The molecule has 3 unspecified atom stereocenters. The number of aliphatic hydroxyl groups is 1. The van der Waals surface area contributed by atoms with Crippen molar-refractivity contribution >= 4 is 23.1 Å². The molecule has 9 nitrogen and oxygen atoms in total. The molecule has 26 heavy (non-hydrogen) atoms. The summed E-state index contributed by atoms with van der Waals surface area (Å²) in [5.41, 5.74) is 0.229. The lowest BCUT2D eigenvalue weighted by Crippen LogP contribution is -2.27. The molecule has 3 heterocycles. The van der Waals surface area contributed by atoms with Crippen LogP contribution in [0.5, 0.6) is 0 Å². The summed E-state index contributed by atoms with van der Waals surface area (Å²) in [6, 6.07) is 0. The number of imidazole rings is 1. The van der Waals surface area contributed by atoms with Gasteiger partial charge in [-0.1, -0.05) is 5.92 Å². The Labute approximate surface area is 150 Å². The highest BCUT2D eigenvalue weighted by Gasteiger charge is 2.36. The summed E-state index contributed by atoms with van der Waals surface area (Å²) < 4.78 is 12.7. The lowest BCUT2D eigenvalue weighted by molar-refractivity contribution is -0.0262. The van der Waals surface area contributed by atoms with Crippen molar-refractivity contribution in [2.24, 2.45) is 5.92 Å². The maximum Gasteiger partial charge on any atom is 0.413 e. The van der Waals surface area contributed by atoms with Crippen molar-refractivity contribution in [3.63, 3.8) is 0 Å². The van der Waals surface area contributed by atoms with Gasteiger partial charge in [0, 0.05) is 0 Å². The summed E-state index contributed by atoms with van der Waals surface area (Å²) in [5, 5.41) is 11.9. The summed E-state index contributed by atoms with van der Waals surface area (Å²) >= 11 is 0. The second-order valence-electron chi connectivity index (χ2n) is 7.01. The molecule has 0 spiro atoms. The molecule has 0 aliphatic carbocycles. The van der Waals surface area contributed by atoms with Gasteiger partial charge in [-0.15, -0.1) is 6.42 Å². The zero-order chi connectivity index (χ0) is 18.9. The Morgan fingerprint density at radius 2 is 2.27 bits per heavy atom. The molecule has 2 N–H and O–H groups in total. The third kappa shape index (κ3) is 3.61.